The van der Waals surface area contributed by atoms with E-state index < -0.39 is 0 Å². The van der Waals surface area contributed by atoms with Crippen molar-refractivity contribution in [3.05, 3.63) is 27.9 Å². The molecule has 0 radical (unpaired) electrons. The van der Waals surface area contributed by atoms with Gasteiger partial charge in [0.15, 0.2) is 0 Å². The predicted molar refractivity (Wildman–Crippen MR) is 80.4 cm³/mol. The van der Waals surface area contributed by atoms with Crippen molar-refractivity contribution in [1.82, 2.24) is 19.8 Å². The van der Waals surface area contributed by atoms with E-state index >= 15 is 0 Å². The van der Waals surface area contributed by atoms with Crippen LogP contribution in [-0.4, -0.2) is 52.8 Å². The summed E-state index contributed by atoms with van der Waals surface area (Å²) in [6, 6.07) is 0.515. The number of hydrogen-bond acceptors (Lipinski definition) is 5. The van der Waals surface area contributed by atoms with Gasteiger partial charge in [-0.25, -0.2) is 4.98 Å². The highest BCUT2D eigenvalue weighted by Gasteiger charge is 2.24. The van der Waals surface area contributed by atoms with Gasteiger partial charge in [-0.05, 0) is 26.8 Å². The molecule has 21 heavy (non-hydrogen) atoms. The van der Waals surface area contributed by atoms with Crippen LogP contribution in [0.15, 0.2) is 11.1 Å². The molecule has 1 unspecified atom stereocenters. The molecular formula is C15H24N4O2. The molecule has 1 saturated heterocycles. The smallest absolute Gasteiger partial charge is 0.256 e. The van der Waals surface area contributed by atoms with E-state index in [2.05, 4.69) is 29.0 Å². The molecule has 1 N–H and O–H groups in total. The molecule has 1 fully saturated rings. The van der Waals surface area contributed by atoms with E-state index in [9.17, 15) is 4.79 Å². The minimum atomic E-state index is 0.0698. The van der Waals surface area contributed by atoms with Crippen molar-refractivity contribution in [2.24, 2.45) is 0 Å². The standard InChI is InChI=1S/C15H24N4O2/c1-11(2)18-5-6-21-12(8-18)9-19-10-17-14-7-16-4-3-13(14)15(19)20/h10-12,16H,3-9H2,1-2H3. The summed E-state index contributed by atoms with van der Waals surface area (Å²) in [6.45, 7) is 9.13. The molecular weight excluding hydrogens is 268 g/mol. The molecule has 6 heteroatoms. The maximum atomic E-state index is 12.5. The third-order valence-corrected chi connectivity index (χ3v) is 4.37. The first-order valence-electron chi connectivity index (χ1n) is 7.78. The second kappa shape index (κ2) is 6.25. The number of nitrogens with one attached hydrogen (secondary N) is 1. The van der Waals surface area contributed by atoms with Crippen LogP contribution in [0.2, 0.25) is 0 Å². The van der Waals surface area contributed by atoms with Crippen LogP contribution in [0.5, 0.6) is 0 Å². The van der Waals surface area contributed by atoms with Crippen molar-refractivity contribution < 1.29 is 4.74 Å². The molecule has 1 atom stereocenters. The van der Waals surface area contributed by atoms with Gasteiger partial charge in [-0.15, -0.1) is 0 Å². The van der Waals surface area contributed by atoms with Crippen molar-refractivity contribution in [1.29, 1.82) is 0 Å². The van der Waals surface area contributed by atoms with E-state index in [-0.39, 0.29) is 11.7 Å². The Morgan fingerprint density at radius 2 is 2.38 bits per heavy atom. The van der Waals surface area contributed by atoms with Crippen LogP contribution >= 0.6 is 0 Å². The second-order valence-corrected chi connectivity index (χ2v) is 6.14. The Hall–Kier alpha value is -1.24. The van der Waals surface area contributed by atoms with Crippen molar-refractivity contribution in [2.75, 3.05) is 26.2 Å². The van der Waals surface area contributed by atoms with Gasteiger partial charge in [0.25, 0.3) is 5.56 Å². The summed E-state index contributed by atoms with van der Waals surface area (Å²) < 4.78 is 7.54. The van der Waals surface area contributed by atoms with Crippen LogP contribution in [0.4, 0.5) is 0 Å². The monoisotopic (exact) mass is 292 g/mol. The highest BCUT2D eigenvalue weighted by Crippen LogP contribution is 2.11. The largest absolute Gasteiger partial charge is 0.374 e. The van der Waals surface area contributed by atoms with Gasteiger partial charge in [0, 0.05) is 31.2 Å². The Morgan fingerprint density at radius 1 is 1.52 bits per heavy atom. The Balaban J connectivity index is 1.74. The summed E-state index contributed by atoms with van der Waals surface area (Å²) in [4.78, 5) is 19.4. The van der Waals surface area contributed by atoms with E-state index in [0.717, 1.165) is 43.9 Å². The fraction of sp³-hybridized carbons (Fsp3) is 0.733. The number of nitrogens with zero attached hydrogens (tertiary/aromatic N) is 3. The van der Waals surface area contributed by atoms with E-state index in [4.69, 9.17) is 4.74 Å². The average molecular weight is 292 g/mol. The van der Waals surface area contributed by atoms with Crippen molar-refractivity contribution in [3.63, 3.8) is 0 Å². The summed E-state index contributed by atoms with van der Waals surface area (Å²) in [7, 11) is 0. The Kier molecular flexibility index (Phi) is 4.37. The maximum Gasteiger partial charge on any atom is 0.256 e. The lowest BCUT2D eigenvalue weighted by Gasteiger charge is -2.35. The van der Waals surface area contributed by atoms with Crippen LogP contribution in [-0.2, 0) is 24.2 Å². The Bertz CT molecular complexity index is 555. The summed E-state index contributed by atoms with van der Waals surface area (Å²) in [6.07, 6.45) is 2.51. The summed E-state index contributed by atoms with van der Waals surface area (Å²) in [5.41, 5.74) is 1.87. The topological polar surface area (TPSA) is 59.4 Å². The second-order valence-electron chi connectivity index (χ2n) is 6.14. The average Bonchev–Trinajstić information content (AvgIpc) is 2.51. The molecule has 116 valence electrons. The molecule has 3 rings (SSSR count). The van der Waals surface area contributed by atoms with Gasteiger partial charge in [-0.1, -0.05) is 0 Å². The lowest BCUT2D eigenvalue weighted by atomic mass is 10.1. The minimum Gasteiger partial charge on any atom is -0.374 e. The lowest BCUT2D eigenvalue weighted by molar-refractivity contribution is -0.0461. The first-order valence-corrected chi connectivity index (χ1v) is 7.78. The molecule has 0 bridgehead atoms. The fourth-order valence-electron chi connectivity index (χ4n) is 3.06. The van der Waals surface area contributed by atoms with Gasteiger partial charge in [0.2, 0.25) is 0 Å². The summed E-state index contributed by atoms with van der Waals surface area (Å²) in [5.74, 6) is 0. The van der Waals surface area contributed by atoms with Crippen molar-refractivity contribution >= 4 is 0 Å². The van der Waals surface area contributed by atoms with Crippen LogP contribution in [0.1, 0.15) is 25.1 Å². The minimum absolute atomic E-state index is 0.0698. The first kappa shape index (κ1) is 14.7. The molecule has 6 nitrogen and oxygen atoms in total. The predicted octanol–water partition coefficient (Wildman–Crippen LogP) is -0.00180. The van der Waals surface area contributed by atoms with E-state index in [1.54, 1.807) is 10.9 Å². The normalized spacial score (nSPS) is 23.3. The van der Waals surface area contributed by atoms with E-state index in [1.165, 1.54) is 0 Å². The third-order valence-electron chi connectivity index (χ3n) is 4.37. The van der Waals surface area contributed by atoms with E-state index in [1.807, 2.05) is 0 Å². The molecule has 2 aliphatic rings. The van der Waals surface area contributed by atoms with Gasteiger partial charge in [0.05, 0.1) is 31.3 Å². The molecule has 0 spiro atoms. The molecule has 1 aromatic rings. The molecule has 0 amide bonds. The number of ether oxygens (including phenoxy) is 1. The molecule has 3 heterocycles. The number of fused-ring (bicyclic) bond motifs is 1. The van der Waals surface area contributed by atoms with Crippen molar-refractivity contribution in [2.45, 2.75) is 45.5 Å². The molecule has 0 aliphatic carbocycles. The Labute approximate surface area is 125 Å². The van der Waals surface area contributed by atoms with Crippen LogP contribution in [0.25, 0.3) is 0 Å². The summed E-state index contributed by atoms with van der Waals surface area (Å²) in [5, 5.41) is 3.25. The zero-order chi connectivity index (χ0) is 14.8. The SMILES string of the molecule is CC(C)N1CCOC(Cn2cnc3c(c2=O)CCNC3)C1. The number of rotatable bonds is 3. The number of morpholine rings is 1. The zero-order valence-corrected chi connectivity index (χ0v) is 12.8. The molecule has 2 aliphatic heterocycles. The summed E-state index contributed by atoms with van der Waals surface area (Å²) >= 11 is 0. The number of hydrogen-bond donors (Lipinski definition) is 1. The first-order chi connectivity index (χ1) is 10.1. The van der Waals surface area contributed by atoms with Gasteiger partial charge >= 0.3 is 0 Å². The number of aromatic nitrogens is 2. The lowest BCUT2D eigenvalue weighted by Crippen LogP contribution is -2.48. The van der Waals surface area contributed by atoms with E-state index in [0.29, 0.717) is 19.1 Å². The van der Waals surface area contributed by atoms with Crippen LogP contribution < -0.4 is 10.9 Å². The van der Waals surface area contributed by atoms with Gasteiger partial charge < -0.3 is 10.1 Å². The highest BCUT2D eigenvalue weighted by molar-refractivity contribution is 5.19. The van der Waals surface area contributed by atoms with Gasteiger partial charge in [-0.3, -0.25) is 14.3 Å². The quantitative estimate of drug-likeness (QED) is 0.850. The molecule has 0 aromatic carbocycles. The van der Waals surface area contributed by atoms with Crippen molar-refractivity contribution in [3.8, 4) is 0 Å². The molecule has 0 saturated carbocycles. The maximum absolute atomic E-state index is 12.5. The zero-order valence-electron chi connectivity index (χ0n) is 12.8. The van der Waals surface area contributed by atoms with Crippen LogP contribution in [0, 0.1) is 0 Å². The van der Waals surface area contributed by atoms with Gasteiger partial charge in [-0.2, -0.15) is 0 Å². The third kappa shape index (κ3) is 3.17. The van der Waals surface area contributed by atoms with Crippen LogP contribution in [0.3, 0.4) is 0 Å². The highest BCUT2D eigenvalue weighted by atomic mass is 16.5. The van der Waals surface area contributed by atoms with Gasteiger partial charge in [0.1, 0.15) is 0 Å². The molecule has 1 aromatic heterocycles. The Morgan fingerprint density at radius 3 is 3.19 bits per heavy atom. The fourth-order valence-corrected chi connectivity index (χ4v) is 3.06.